The molecule has 4 aromatic rings. The Morgan fingerprint density at radius 3 is 2.45 bits per heavy atom. The number of hydrogen-bond acceptors (Lipinski definition) is 4. The molecule has 0 spiro atoms. The summed E-state index contributed by atoms with van der Waals surface area (Å²) >= 11 is 1.54. The van der Waals surface area contributed by atoms with Crippen LogP contribution in [0.3, 0.4) is 0 Å². The standard InChI is InChI=1S/C24H22N2O2S/c1-18-11-13-20(14-12-18)28-15-16-29-24-25-22-10-6-5-9-21(22)23(27)26(24)17-19-7-3-2-4-8-19/h2-14H,15-17H2,1H3. The lowest BCUT2D eigenvalue weighted by Crippen LogP contribution is -2.24. The van der Waals surface area contributed by atoms with E-state index in [0.717, 1.165) is 16.8 Å². The summed E-state index contributed by atoms with van der Waals surface area (Å²) in [6, 6.07) is 25.5. The maximum Gasteiger partial charge on any atom is 0.262 e. The van der Waals surface area contributed by atoms with E-state index in [1.807, 2.05) is 78.9 Å². The van der Waals surface area contributed by atoms with Crippen LogP contribution in [0, 0.1) is 6.92 Å². The average molecular weight is 403 g/mol. The zero-order valence-corrected chi connectivity index (χ0v) is 17.1. The van der Waals surface area contributed by atoms with Crippen LogP contribution in [0.5, 0.6) is 5.75 Å². The van der Waals surface area contributed by atoms with Gasteiger partial charge < -0.3 is 4.74 Å². The molecule has 146 valence electrons. The molecule has 3 aromatic carbocycles. The molecule has 0 unspecified atom stereocenters. The van der Waals surface area contributed by atoms with E-state index in [0.29, 0.717) is 29.4 Å². The number of nitrogens with zero attached hydrogens (tertiary/aromatic N) is 2. The monoisotopic (exact) mass is 402 g/mol. The summed E-state index contributed by atoms with van der Waals surface area (Å²) in [5.41, 5.74) is 2.99. The maximum atomic E-state index is 13.1. The molecule has 1 heterocycles. The van der Waals surface area contributed by atoms with Gasteiger partial charge in [0, 0.05) is 5.75 Å². The lowest BCUT2D eigenvalue weighted by atomic mass is 10.2. The number of rotatable bonds is 7. The minimum absolute atomic E-state index is 0.0126. The highest BCUT2D eigenvalue weighted by Gasteiger charge is 2.12. The van der Waals surface area contributed by atoms with Crippen LogP contribution in [-0.2, 0) is 6.54 Å². The molecule has 0 saturated heterocycles. The van der Waals surface area contributed by atoms with Crippen molar-refractivity contribution in [1.29, 1.82) is 0 Å². The highest BCUT2D eigenvalue weighted by molar-refractivity contribution is 7.99. The zero-order chi connectivity index (χ0) is 20.1. The van der Waals surface area contributed by atoms with Gasteiger partial charge in [0.1, 0.15) is 5.75 Å². The Balaban J connectivity index is 1.55. The topological polar surface area (TPSA) is 44.1 Å². The maximum absolute atomic E-state index is 13.1. The third-order valence-electron chi connectivity index (χ3n) is 4.61. The molecule has 0 aliphatic heterocycles. The molecule has 0 amide bonds. The normalized spacial score (nSPS) is 10.9. The SMILES string of the molecule is Cc1ccc(OCCSc2nc3ccccc3c(=O)n2Cc2ccccc2)cc1. The van der Waals surface area contributed by atoms with E-state index in [-0.39, 0.29) is 5.56 Å². The Labute approximate surface area is 174 Å². The van der Waals surface area contributed by atoms with Crippen molar-refractivity contribution in [1.82, 2.24) is 9.55 Å². The Morgan fingerprint density at radius 1 is 0.931 bits per heavy atom. The van der Waals surface area contributed by atoms with Gasteiger partial charge in [-0.25, -0.2) is 4.98 Å². The molecule has 5 heteroatoms. The first kappa shape index (κ1) is 19.3. The molecule has 4 rings (SSSR count). The molecule has 0 radical (unpaired) electrons. The first-order valence-corrected chi connectivity index (χ1v) is 10.5. The van der Waals surface area contributed by atoms with Gasteiger partial charge in [0.25, 0.3) is 5.56 Å². The largest absolute Gasteiger partial charge is 0.493 e. The highest BCUT2D eigenvalue weighted by atomic mass is 32.2. The molecular formula is C24H22N2O2S. The summed E-state index contributed by atoms with van der Waals surface area (Å²) < 4.78 is 7.58. The Hall–Kier alpha value is -3.05. The molecule has 0 aliphatic rings. The van der Waals surface area contributed by atoms with E-state index in [9.17, 15) is 4.79 Å². The minimum atomic E-state index is -0.0126. The molecule has 0 N–H and O–H groups in total. The Kier molecular flexibility index (Phi) is 5.96. The van der Waals surface area contributed by atoms with E-state index in [1.165, 1.54) is 5.56 Å². The van der Waals surface area contributed by atoms with E-state index < -0.39 is 0 Å². The number of hydrogen-bond donors (Lipinski definition) is 0. The van der Waals surface area contributed by atoms with Crippen molar-refractivity contribution in [2.24, 2.45) is 0 Å². The number of ether oxygens (including phenoxy) is 1. The van der Waals surface area contributed by atoms with Crippen LogP contribution in [0.15, 0.2) is 88.8 Å². The van der Waals surface area contributed by atoms with Gasteiger partial charge in [-0.2, -0.15) is 0 Å². The van der Waals surface area contributed by atoms with Crippen LogP contribution >= 0.6 is 11.8 Å². The average Bonchev–Trinajstić information content (AvgIpc) is 2.76. The summed E-state index contributed by atoms with van der Waals surface area (Å²) in [5, 5.41) is 1.36. The van der Waals surface area contributed by atoms with Crippen LogP contribution in [-0.4, -0.2) is 21.9 Å². The van der Waals surface area contributed by atoms with Gasteiger partial charge in [0.2, 0.25) is 0 Å². The van der Waals surface area contributed by atoms with Crippen LogP contribution < -0.4 is 10.3 Å². The number of para-hydroxylation sites is 1. The summed E-state index contributed by atoms with van der Waals surface area (Å²) in [7, 11) is 0. The summed E-state index contributed by atoms with van der Waals surface area (Å²) in [6.45, 7) is 3.09. The fraction of sp³-hybridized carbons (Fsp3) is 0.167. The van der Waals surface area contributed by atoms with Gasteiger partial charge in [-0.15, -0.1) is 0 Å². The first-order chi connectivity index (χ1) is 14.2. The van der Waals surface area contributed by atoms with Crippen LogP contribution in [0.2, 0.25) is 0 Å². The second-order valence-corrected chi connectivity index (χ2v) is 7.86. The van der Waals surface area contributed by atoms with Crippen molar-refractivity contribution in [2.45, 2.75) is 18.6 Å². The molecule has 1 aromatic heterocycles. The highest BCUT2D eigenvalue weighted by Crippen LogP contribution is 2.20. The Bertz CT molecular complexity index is 1160. The summed E-state index contributed by atoms with van der Waals surface area (Å²) in [6.07, 6.45) is 0. The summed E-state index contributed by atoms with van der Waals surface area (Å²) in [4.78, 5) is 17.9. The van der Waals surface area contributed by atoms with Crippen molar-refractivity contribution in [3.63, 3.8) is 0 Å². The fourth-order valence-corrected chi connectivity index (χ4v) is 3.91. The Morgan fingerprint density at radius 2 is 1.66 bits per heavy atom. The molecule has 0 saturated carbocycles. The van der Waals surface area contributed by atoms with Gasteiger partial charge in [-0.3, -0.25) is 9.36 Å². The van der Waals surface area contributed by atoms with Crippen LogP contribution in [0.1, 0.15) is 11.1 Å². The molecule has 0 bridgehead atoms. The van der Waals surface area contributed by atoms with Crippen molar-refractivity contribution >= 4 is 22.7 Å². The van der Waals surface area contributed by atoms with Crippen molar-refractivity contribution < 1.29 is 4.74 Å². The number of aromatic nitrogens is 2. The van der Waals surface area contributed by atoms with Gasteiger partial charge in [-0.1, -0.05) is 71.9 Å². The molecular weight excluding hydrogens is 380 g/mol. The number of benzene rings is 3. The van der Waals surface area contributed by atoms with Crippen molar-refractivity contribution in [3.8, 4) is 5.75 Å². The zero-order valence-electron chi connectivity index (χ0n) is 16.2. The predicted molar refractivity (Wildman–Crippen MR) is 119 cm³/mol. The van der Waals surface area contributed by atoms with Crippen molar-refractivity contribution in [3.05, 3.63) is 100 Å². The lowest BCUT2D eigenvalue weighted by Gasteiger charge is -2.13. The fourth-order valence-electron chi connectivity index (χ4n) is 3.09. The van der Waals surface area contributed by atoms with Crippen LogP contribution in [0.4, 0.5) is 0 Å². The number of thioether (sulfide) groups is 1. The van der Waals surface area contributed by atoms with Gasteiger partial charge in [0.05, 0.1) is 24.1 Å². The molecule has 0 fully saturated rings. The van der Waals surface area contributed by atoms with E-state index in [1.54, 1.807) is 16.3 Å². The van der Waals surface area contributed by atoms with Gasteiger partial charge >= 0.3 is 0 Å². The number of fused-ring (bicyclic) bond motifs is 1. The van der Waals surface area contributed by atoms with Crippen LogP contribution in [0.25, 0.3) is 10.9 Å². The van der Waals surface area contributed by atoms with Gasteiger partial charge in [-0.05, 0) is 36.8 Å². The molecule has 4 nitrogen and oxygen atoms in total. The lowest BCUT2D eigenvalue weighted by molar-refractivity contribution is 0.343. The van der Waals surface area contributed by atoms with E-state index in [4.69, 9.17) is 9.72 Å². The third kappa shape index (κ3) is 4.69. The van der Waals surface area contributed by atoms with E-state index >= 15 is 0 Å². The quantitative estimate of drug-likeness (QED) is 0.250. The predicted octanol–water partition coefficient (Wildman–Crippen LogP) is 4.92. The second kappa shape index (κ2) is 8.97. The third-order valence-corrected chi connectivity index (χ3v) is 5.55. The number of aryl methyl sites for hydroxylation is 1. The van der Waals surface area contributed by atoms with Gasteiger partial charge in [0.15, 0.2) is 5.16 Å². The molecule has 29 heavy (non-hydrogen) atoms. The molecule has 0 aliphatic carbocycles. The second-order valence-electron chi connectivity index (χ2n) is 6.80. The van der Waals surface area contributed by atoms with Crippen molar-refractivity contribution in [2.75, 3.05) is 12.4 Å². The smallest absolute Gasteiger partial charge is 0.262 e. The first-order valence-electron chi connectivity index (χ1n) is 9.56. The van der Waals surface area contributed by atoms with E-state index in [2.05, 4.69) is 6.92 Å². The molecule has 0 atom stereocenters. The minimum Gasteiger partial charge on any atom is -0.493 e. The summed E-state index contributed by atoms with van der Waals surface area (Å²) in [5.74, 6) is 1.55.